The van der Waals surface area contributed by atoms with E-state index in [1.165, 1.54) is 0 Å². The molecule has 1 unspecified atom stereocenters. The van der Waals surface area contributed by atoms with Crippen LogP contribution in [-0.2, 0) is 6.42 Å². The van der Waals surface area contributed by atoms with Crippen molar-refractivity contribution in [2.24, 2.45) is 5.73 Å². The fourth-order valence-electron chi connectivity index (χ4n) is 2.05. The van der Waals surface area contributed by atoms with Crippen molar-refractivity contribution in [2.45, 2.75) is 39.3 Å². The van der Waals surface area contributed by atoms with Gasteiger partial charge in [-0.3, -0.25) is 4.98 Å². The van der Waals surface area contributed by atoms with Gasteiger partial charge in [0, 0.05) is 24.4 Å². The van der Waals surface area contributed by atoms with Crippen LogP contribution in [0, 0.1) is 6.92 Å². The summed E-state index contributed by atoms with van der Waals surface area (Å²) in [5.74, 6) is 0.866. The van der Waals surface area contributed by atoms with E-state index in [0.29, 0.717) is 0 Å². The zero-order valence-electron chi connectivity index (χ0n) is 12.3. The second-order valence-corrected chi connectivity index (χ2v) is 5.38. The van der Waals surface area contributed by atoms with Gasteiger partial charge in [-0.05, 0) is 50.1 Å². The molecule has 0 radical (unpaired) electrons. The number of rotatable bonds is 5. The van der Waals surface area contributed by atoms with Gasteiger partial charge in [0.2, 0.25) is 0 Å². The van der Waals surface area contributed by atoms with E-state index >= 15 is 0 Å². The van der Waals surface area contributed by atoms with Gasteiger partial charge in [0.25, 0.3) is 0 Å². The highest BCUT2D eigenvalue weighted by Gasteiger charge is 2.09. The fourth-order valence-corrected chi connectivity index (χ4v) is 2.05. The molecule has 0 fully saturated rings. The minimum Gasteiger partial charge on any atom is -0.491 e. The Hall–Kier alpha value is -1.87. The quantitative estimate of drug-likeness (QED) is 0.905. The summed E-state index contributed by atoms with van der Waals surface area (Å²) < 4.78 is 5.70. The summed E-state index contributed by atoms with van der Waals surface area (Å²) in [5.41, 5.74) is 9.52. The van der Waals surface area contributed by atoms with Crippen molar-refractivity contribution in [3.05, 3.63) is 59.4 Å². The molecule has 1 aromatic carbocycles. The third-order valence-electron chi connectivity index (χ3n) is 3.06. The summed E-state index contributed by atoms with van der Waals surface area (Å²) in [6, 6.07) is 12.0. The van der Waals surface area contributed by atoms with Gasteiger partial charge in [0.15, 0.2) is 0 Å². The first-order valence-electron chi connectivity index (χ1n) is 6.98. The second kappa shape index (κ2) is 6.53. The number of pyridine rings is 1. The van der Waals surface area contributed by atoms with Gasteiger partial charge in [-0.1, -0.05) is 18.2 Å². The number of benzene rings is 1. The number of nitrogens with two attached hydrogens (primary N) is 1. The minimum absolute atomic E-state index is 0.0686. The van der Waals surface area contributed by atoms with Crippen LogP contribution in [0.4, 0.5) is 0 Å². The van der Waals surface area contributed by atoms with Gasteiger partial charge in [-0.25, -0.2) is 0 Å². The third-order valence-corrected chi connectivity index (χ3v) is 3.06. The van der Waals surface area contributed by atoms with E-state index in [2.05, 4.69) is 11.1 Å². The van der Waals surface area contributed by atoms with Crippen LogP contribution < -0.4 is 10.5 Å². The number of aryl methyl sites for hydroxylation is 1. The highest BCUT2D eigenvalue weighted by molar-refractivity contribution is 5.31. The van der Waals surface area contributed by atoms with Crippen LogP contribution in [-0.4, -0.2) is 11.1 Å². The average Bonchev–Trinajstić information content (AvgIpc) is 2.41. The molecular weight excluding hydrogens is 248 g/mol. The molecule has 0 spiro atoms. The lowest BCUT2D eigenvalue weighted by atomic mass is 10.0. The SMILES string of the molecule is Cc1ccc(CC(N)c2cccc(OC(C)C)c2)nc1. The van der Waals surface area contributed by atoms with Crippen LogP contribution >= 0.6 is 0 Å². The van der Waals surface area contributed by atoms with E-state index in [1.807, 2.05) is 57.3 Å². The maximum absolute atomic E-state index is 6.27. The van der Waals surface area contributed by atoms with E-state index in [-0.39, 0.29) is 12.1 Å². The normalized spacial score (nSPS) is 12.4. The Kier molecular flexibility index (Phi) is 4.74. The Labute approximate surface area is 120 Å². The summed E-state index contributed by atoms with van der Waals surface area (Å²) >= 11 is 0. The van der Waals surface area contributed by atoms with Crippen LogP contribution in [0.3, 0.4) is 0 Å². The van der Waals surface area contributed by atoms with Crippen molar-refractivity contribution in [3.63, 3.8) is 0 Å². The van der Waals surface area contributed by atoms with Gasteiger partial charge in [0.05, 0.1) is 6.10 Å². The number of hydrogen-bond donors (Lipinski definition) is 1. The smallest absolute Gasteiger partial charge is 0.120 e. The molecule has 0 aliphatic carbocycles. The van der Waals surface area contributed by atoms with Crippen LogP contribution in [0.1, 0.15) is 36.7 Å². The summed E-state index contributed by atoms with van der Waals surface area (Å²) in [5, 5.41) is 0. The maximum Gasteiger partial charge on any atom is 0.120 e. The van der Waals surface area contributed by atoms with Crippen molar-refractivity contribution < 1.29 is 4.74 Å². The monoisotopic (exact) mass is 270 g/mol. The first-order chi connectivity index (χ1) is 9.54. The molecule has 1 aromatic heterocycles. The first-order valence-corrected chi connectivity index (χ1v) is 6.98. The van der Waals surface area contributed by atoms with E-state index < -0.39 is 0 Å². The van der Waals surface area contributed by atoms with Crippen molar-refractivity contribution in [3.8, 4) is 5.75 Å². The summed E-state index contributed by atoms with van der Waals surface area (Å²) in [7, 11) is 0. The Bertz CT molecular complexity index is 549. The lowest BCUT2D eigenvalue weighted by Crippen LogP contribution is -2.14. The summed E-state index contributed by atoms with van der Waals surface area (Å²) in [4.78, 5) is 4.40. The predicted octanol–water partition coefficient (Wildman–Crippen LogP) is 3.42. The molecule has 2 N–H and O–H groups in total. The van der Waals surface area contributed by atoms with Crippen LogP contribution in [0.2, 0.25) is 0 Å². The van der Waals surface area contributed by atoms with E-state index in [9.17, 15) is 0 Å². The largest absolute Gasteiger partial charge is 0.491 e. The molecule has 2 rings (SSSR count). The number of aromatic nitrogens is 1. The number of ether oxygens (including phenoxy) is 1. The molecule has 0 saturated heterocycles. The van der Waals surface area contributed by atoms with Crippen molar-refractivity contribution in [1.82, 2.24) is 4.98 Å². The Morgan fingerprint density at radius 1 is 1.20 bits per heavy atom. The van der Waals surface area contributed by atoms with Crippen LogP contribution in [0.25, 0.3) is 0 Å². The predicted molar refractivity (Wildman–Crippen MR) is 81.8 cm³/mol. The molecule has 2 aromatic rings. The number of hydrogen-bond acceptors (Lipinski definition) is 3. The van der Waals surface area contributed by atoms with Crippen molar-refractivity contribution in [1.29, 1.82) is 0 Å². The molecule has 0 amide bonds. The zero-order chi connectivity index (χ0) is 14.5. The van der Waals surface area contributed by atoms with Gasteiger partial charge in [-0.2, -0.15) is 0 Å². The molecule has 0 aliphatic rings. The first kappa shape index (κ1) is 14.5. The zero-order valence-corrected chi connectivity index (χ0v) is 12.3. The summed E-state index contributed by atoms with van der Waals surface area (Å²) in [6.07, 6.45) is 2.77. The Morgan fingerprint density at radius 3 is 2.65 bits per heavy atom. The van der Waals surface area contributed by atoms with E-state index in [1.54, 1.807) is 0 Å². The number of nitrogens with zero attached hydrogens (tertiary/aromatic N) is 1. The lowest BCUT2D eigenvalue weighted by Gasteiger charge is -2.15. The van der Waals surface area contributed by atoms with Gasteiger partial charge >= 0.3 is 0 Å². The molecule has 0 bridgehead atoms. The van der Waals surface area contributed by atoms with Gasteiger partial charge in [0.1, 0.15) is 5.75 Å². The molecule has 1 heterocycles. The minimum atomic E-state index is -0.0686. The molecule has 3 nitrogen and oxygen atoms in total. The fraction of sp³-hybridized carbons (Fsp3) is 0.353. The highest BCUT2D eigenvalue weighted by atomic mass is 16.5. The van der Waals surface area contributed by atoms with Crippen molar-refractivity contribution in [2.75, 3.05) is 0 Å². The molecule has 1 atom stereocenters. The second-order valence-electron chi connectivity index (χ2n) is 5.38. The average molecular weight is 270 g/mol. The molecular formula is C17H22N2O. The highest BCUT2D eigenvalue weighted by Crippen LogP contribution is 2.21. The van der Waals surface area contributed by atoms with Crippen LogP contribution in [0.15, 0.2) is 42.6 Å². The maximum atomic E-state index is 6.27. The molecule has 0 saturated carbocycles. The third kappa shape index (κ3) is 4.07. The van der Waals surface area contributed by atoms with E-state index in [0.717, 1.165) is 29.0 Å². The summed E-state index contributed by atoms with van der Waals surface area (Å²) in [6.45, 7) is 6.06. The molecule has 3 heteroatoms. The van der Waals surface area contributed by atoms with E-state index in [4.69, 9.17) is 10.5 Å². The van der Waals surface area contributed by atoms with Crippen molar-refractivity contribution >= 4 is 0 Å². The Balaban J connectivity index is 2.08. The standard InChI is InChI=1S/C17H22N2O/c1-12(2)20-16-6-4-5-14(9-16)17(18)10-15-8-7-13(3)11-19-15/h4-9,11-12,17H,10,18H2,1-3H3. The topological polar surface area (TPSA) is 48.1 Å². The van der Waals surface area contributed by atoms with Crippen LogP contribution in [0.5, 0.6) is 5.75 Å². The van der Waals surface area contributed by atoms with Gasteiger partial charge in [-0.15, -0.1) is 0 Å². The lowest BCUT2D eigenvalue weighted by molar-refractivity contribution is 0.242. The molecule has 0 aliphatic heterocycles. The Morgan fingerprint density at radius 2 is 2.00 bits per heavy atom. The van der Waals surface area contributed by atoms with Gasteiger partial charge < -0.3 is 10.5 Å². The molecule has 106 valence electrons. The molecule has 20 heavy (non-hydrogen) atoms.